The Hall–Kier alpha value is -2.62. The van der Waals surface area contributed by atoms with Crippen molar-refractivity contribution >= 4 is 28.8 Å². The van der Waals surface area contributed by atoms with E-state index in [1.165, 1.54) is 29.7 Å². The van der Waals surface area contributed by atoms with Crippen molar-refractivity contribution in [2.24, 2.45) is 0 Å². The van der Waals surface area contributed by atoms with Gasteiger partial charge in [0, 0.05) is 12.6 Å². The maximum atomic E-state index is 12.7. The molecular weight excluding hydrogens is 395 g/mol. The molecule has 1 N–H and O–H groups in total. The molecule has 1 saturated heterocycles. The van der Waals surface area contributed by atoms with Crippen LogP contribution in [0.15, 0.2) is 35.8 Å². The van der Waals surface area contributed by atoms with E-state index in [0.717, 1.165) is 12.8 Å². The lowest BCUT2D eigenvalue weighted by Gasteiger charge is -2.34. The molecule has 0 spiro atoms. The number of hydrogen-bond acceptors (Lipinski definition) is 5. The average molecular weight is 413 g/mol. The number of halogens is 3. The van der Waals surface area contributed by atoms with Crippen LogP contribution in [0, 0.1) is 0 Å². The first-order valence-corrected chi connectivity index (χ1v) is 9.52. The van der Waals surface area contributed by atoms with Crippen molar-refractivity contribution in [3.8, 4) is 5.88 Å². The predicted molar refractivity (Wildman–Crippen MR) is 97.4 cm³/mol. The molecule has 1 aliphatic heterocycles. The van der Waals surface area contributed by atoms with Crippen LogP contribution in [-0.2, 0) is 4.79 Å². The molecule has 6 nitrogen and oxygen atoms in total. The topological polar surface area (TPSA) is 71.5 Å². The maximum absolute atomic E-state index is 12.7. The summed E-state index contributed by atoms with van der Waals surface area (Å²) in [6.45, 7) is -0.940. The fraction of sp³-hybridized carbons (Fsp3) is 0.389. The number of thiophene rings is 1. The fourth-order valence-electron chi connectivity index (χ4n) is 2.91. The molecule has 0 aliphatic carbocycles. The number of likely N-dealkylation sites (tertiary alicyclic amines) is 1. The summed E-state index contributed by atoms with van der Waals surface area (Å²) in [6.07, 6.45) is -1.03. The zero-order chi connectivity index (χ0) is 20.1. The van der Waals surface area contributed by atoms with Gasteiger partial charge >= 0.3 is 6.18 Å². The quantitative estimate of drug-likeness (QED) is 0.811. The van der Waals surface area contributed by atoms with Gasteiger partial charge in [-0.3, -0.25) is 9.59 Å². The molecule has 0 saturated carbocycles. The lowest BCUT2D eigenvalue weighted by Crippen LogP contribution is -2.49. The molecule has 1 unspecified atom stereocenters. The molecule has 2 amide bonds. The van der Waals surface area contributed by atoms with Gasteiger partial charge in [0.05, 0.1) is 16.8 Å². The number of rotatable bonds is 5. The Balaban J connectivity index is 1.63. The van der Waals surface area contributed by atoms with Crippen LogP contribution < -0.4 is 10.1 Å². The van der Waals surface area contributed by atoms with Crippen LogP contribution in [-0.4, -0.2) is 47.1 Å². The van der Waals surface area contributed by atoms with Gasteiger partial charge in [0.25, 0.3) is 5.91 Å². The Bertz CT molecular complexity index is 810. The number of hydrogen-bond donors (Lipinski definition) is 1. The van der Waals surface area contributed by atoms with E-state index in [9.17, 15) is 22.8 Å². The summed E-state index contributed by atoms with van der Waals surface area (Å²) in [4.78, 5) is 31.2. The summed E-state index contributed by atoms with van der Waals surface area (Å²) in [5, 5.41) is 4.48. The zero-order valence-corrected chi connectivity index (χ0v) is 15.6. The Morgan fingerprint density at radius 3 is 2.75 bits per heavy atom. The number of piperidine rings is 1. The molecule has 10 heteroatoms. The van der Waals surface area contributed by atoms with Crippen molar-refractivity contribution in [3.63, 3.8) is 0 Å². The van der Waals surface area contributed by atoms with Crippen LogP contribution in [0.3, 0.4) is 0 Å². The van der Waals surface area contributed by atoms with Crippen molar-refractivity contribution in [3.05, 3.63) is 40.7 Å². The number of nitrogens with one attached hydrogen (secondary N) is 1. The van der Waals surface area contributed by atoms with Crippen molar-refractivity contribution < 1.29 is 27.5 Å². The molecule has 150 valence electrons. The number of aromatic nitrogens is 1. The Labute approximate surface area is 163 Å². The van der Waals surface area contributed by atoms with Gasteiger partial charge in [-0.2, -0.15) is 13.2 Å². The molecule has 3 rings (SSSR count). The number of amides is 2. The van der Waals surface area contributed by atoms with Gasteiger partial charge < -0.3 is 15.0 Å². The van der Waals surface area contributed by atoms with Gasteiger partial charge in [-0.1, -0.05) is 6.07 Å². The largest absolute Gasteiger partial charge is 0.468 e. The van der Waals surface area contributed by atoms with Crippen LogP contribution in [0.1, 0.15) is 28.9 Å². The van der Waals surface area contributed by atoms with Crippen LogP contribution in [0.25, 0.3) is 0 Å². The second kappa shape index (κ2) is 8.59. The normalized spacial score (nSPS) is 17.2. The summed E-state index contributed by atoms with van der Waals surface area (Å²) >= 11 is 1.32. The lowest BCUT2D eigenvalue weighted by molar-refractivity contribution is -0.154. The smallest absolute Gasteiger partial charge is 0.422 e. The molecule has 0 aromatic carbocycles. The minimum Gasteiger partial charge on any atom is -0.468 e. The highest BCUT2D eigenvalue weighted by Crippen LogP contribution is 2.23. The van der Waals surface area contributed by atoms with E-state index in [0.29, 0.717) is 23.5 Å². The molecule has 28 heavy (non-hydrogen) atoms. The number of pyridine rings is 1. The van der Waals surface area contributed by atoms with Crippen LogP contribution in [0.4, 0.5) is 18.9 Å². The minimum atomic E-state index is -4.45. The van der Waals surface area contributed by atoms with Crippen LogP contribution >= 0.6 is 11.3 Å². The SMILES string of the molecule is O=C(Nc1ccc(OCC(F)(F)F)nc1)C1CCCCN1C(=O)c1cccs1. The second-order valence-electron chi connectivity index (χ2n) is 6.27. The number of carbonyl (C=O) groups is 2. The van der Waals surface area contributed by atoms with Gasteiger partial charge in [-0.05, 0) is 36.8 Å². The first kappa shape index (κ1) is 20.1. The Kier molecular flexibility index (Phi) is 6.18. The van der Waals surface area contributed by atoms with Crippen molar-refractivity contribution in [2.75, 3.05) is 18.5 Å². The second-order valence-corrected chi connectivity index (χ2v) is 7.21. The average Bonchev–Trinajstić information content (AvgIpc) is 3.21. The first-order valence-electron chi connectivity index (χ1n) is 8.64. The molecular formula is C18H18F3N3O3S. The van der Waals surface area contributed by atoms with Crippen molar-refractivity contribution in [1.82, 2.24) is 9.88 Å². The van der Waals surface area contributed by atoms with E-state index in [2.05, 4.69) is 15.0 Å². The number of alkyl halides is 3. The van der Waals surface area contributed by atoms with Gasteiger partial charge in [-0.25, -0.2) is 4.98 Å². The van der Waals surface area contributed by atoms with E-state index < -0.39 is 18.8 Å². The van der Waals surface area contributed by atoms with Crippen molar-refractivity contribution in [2.45, 2.75) is 31.5 Å². The van der Waals surface area contributed by atoms with Gasteiger partial charge in [0.15, 0.2) is 6.61 Å². The van der Waals surface area contributed by atoms with Gasteiger partial charge in [0.1, 0.15) is 6.04 Å². The highest BCUT2D eigenvalue weighted by atomic mass is 32.1. The van der Waals surface area contributed by atoms with Gasteiger partial charge in [-0.15, -0.1) is 11.3 Å². The molecule has 3 heterocycles. The third kappa shape index (κ3) is 5.22. The summed E-state index contributed by atoms with van der Waals surface area (Å²) < 4.78 is 41.0. The predicted octanol–water partition coefficient (Wildman–Crippen LogP) is 3.72. The first-order chi connectivity index (χ1) is 13.3. The Morgan fingerprint density at radius 2 is 2.11 bits per heavy atom. The van der Waals surface area contributed by atoms with Crippen LogP contribution in [0.5, 0.6) is 5.88 Å². The third-order valence-electron chi connectivity index (χ3n) is 4.19. The van der Waals surface area contributed by atoms with E-state index in [4.69, 9.17) is 0 Å². The molecule has 2 aromatic rings. The maximum Gasteiger partial charge on any atom is 0.422 e. The highest BCUT2D eigenvalue weighted by Gasteiger charge is 2.33. The number of ether oxygens (including phenoxy) is 1. The minimum absolute atomic E-state index is 0.177. The molecule has 1 atom stereocenters. The van der Waals surface area contributed by atoms with Gasteiger partial charge in [0.2, 0.25) is 11.8 Å². The molecule has 1 aliphatic rings. The molecule has 0 bridgehead atoms. The van der Waals surface area contributed by atoms with E-state index >= 15 is 0 Å². The lowest BCUT2D eigenvalue weighted by atomic mass is 10.0. The van der Waals surface area contributed by atoms with Crippen molar-refractivity contribution in [1.29, 1.82) is 0 Å². The number of nitrogens with zero attached hydrogens (tertiary/aromatic N) is 2. The molecule has 2 aromatic heterocycles. The molecule has 1 fully saturated rings. The fourth-order valence-corrected chi connectivity index (χ4v) is 3.59. The van der Waals surface area contributed by atoms with Crippen LogP contribution in [0.2, 0.25) is 0 Å². The third-order valence-corrected chi connectivity index (χ3v) is 5.04. The summed E-state index contributed by atoms with van der Waals surface area (Å²) in [5.41, 5.74) is 0.318. The van der Waals surface area contributed by atoms with E-state index in [-0.39, 0.29) is 17.7 Å². The zero-order valence-electron chi connectivity index (χ0n) is 14.7. The molecule has 0 radical (unpaired) electrons. The summed E-state index contributed by atoms with van der Waals surface area (Å²) in [6, 6.07) is 5.55. The highest BCUT2D eigenvalue weighted by molar-refractivity contribution is 7.12. The standard InChI is InChI=1S/C18H18F3N3O3S/c19-18(20,21)11-27-15-7-6-12(10-22-15)23-16(25)13-4-1-2-8-24(13)17(26)14-5-3-9-28-14/h3,5-7,9-10,13H,1-2,4,8,11H2,(H,23,25). The van der Waals surface area contributed by atoms with E-state index in [1.807, 2.05) is 0 Å². The van der Waals surface area contributed by atoms with E-state index in [1.54, 1.807) is 22.4 Å². The number of anilines is 1. The Morgan fingerprint density at radius 1 is 1.29 bits per heavy atom. The number of carbonyl (C=O) groups excluding carboxylic acids is 2. The monoisotopic (exact) mass is 413 g/mol. The summed E-state index contributed by atoms with van der Waals surface area (Å²) in [5.74, 6) is -0.721. The summed E-state index contributed by atoms with van der Waals surface area (Å²) in [7, 11) is 0.